The van der Waals surface area contributed by atoms with Crippen LogP contribution in [0, 0.1) is 17.0 Å². The van der Waals surface area contributed by atoms with Crippen LogP contribution >= 0.6 is 24.0 Å². The Morgan fingerprint density at radius 1 is 1.30 bits per heavy atom. The number of benzene rings is 2. The molecule has 0 bridgehead atoms. The van der Waals surface area contributed by atoms with Crippen LogP contribution in [0.15, 0.2) is 47.2 Å². The molecule has 0 aliphatic carbocycles. The summed E-state index contributed by atoms with van der Waals surface area (Å²) in [6, 6.07) is 6.88. The van der Waals surface area contributed by atoms with Gasteiger partial charge in [0.15, 0.2) is 5.76 Å². The first kappa shape index (κ1) is 21.4. The summed E-state index contributed by atoms with van der Waals surface area (Å²) in [6.45, 7) is 0. The van der Waals surface area contributed by atoms with Crippen LogP contribution in [-0.4, -0.2) is 26.6 Å². The van der Waals surface area contributed by atoms with Gasteiger partial charge in [-0.25, -0.2) is 8.78 Å². The number of aryl methyl sites for hydroxylation is 1. The van der Waals surface area contributed by atoms with Gasteiger partial charge in [0.1, 0.15) is 22.9 Å². The summed E-state index contributed by atoms with van der Waals surface area (Å²) in [7, 11) is 1.54. The van der Waals surface area contributed by atoms with Crippen molar-refractivity contribution in [2.45, 2.75) is 0 Å². The van der Waals surface area contributed by atoms with Gasteiger partial charge in [0, 0.05) is 39.0 Å². The fourth-order valence-electron chi connectivity index (χ4n) is 2.95. The molecular formula is C19H19F2IN6O2. The highest BCUT2D eigenvalue weighted by molar-refractivity contribution is 14.0. The molecule has 4 N–H and O–H groups in total. The number of nitrogens with one attached hydrogen (secondary N) is 2. The quantitative estimate of drug-likeness (QED) is 0.208. The molecule has 2 aromatic carbocycles. The average molecular weight is 528 g/mol. The lowest BCUT2D eigenvalue weighted by molar-refractivity contribution is 0.101. The normalized spacial score (nSPS) is 10.6. The minimum atomic E-state index is -1.01. The Morgan fingerprint density at radius 3 is 2.77 bits per heavy atom. The van der Waals surface area contributed by atoms with E-state index in [1.54, 1.807) is 7.05 Å². The van der Waals surface area contributed by atoms with Gasteiger partial charge in [-0.05, 0) is 18.2 Å². The smallest absolute Gasteiger partial charge is 0.261 e. The van der Waals surface area contributed by atoms with Crippen LogP contribution in [-0.2, 0) is 7.05 Å². The van der Waals surface area contributed by atoms with Crippen molar-refractivity contribution in [1.82, 2.24) is 14.9 Å². The van der Waals surface area contributed by atoms with E-state index in [9.17, 15) is 13.6 Å². The molecule has 4 rings (SSSR count). The van der Waals surface area contributed by atoms with Crippen LogP contribution in [0.3, 0.4) is 0 Å². The molecule has 0 spiro atoms. The third-order valence-electron chi connectivity index (χ3n) is 4.43. The van der Waals surface area contributed by atoms with E-state index in [1.165, 1.54) is 41.3 Å². The van der Waals surface area contributed by atoms with Crippen molar-refractivity contribution >= 4 is 57.9 Å². The molecule has 158 valence electrons. The third-order valence-corrected chi connectivity index (χ3v) is 4.43. The SMILES string of the molecule is Cn1ncc2c(F)c(C(=O)Nc3ccc(N)c(C(=N)c4ccno4)c3)c(F)cc21.I.[HH].[HH]. The second-order valence-electron chi connectivity index (χ2n) is 6.26. The summed E-state index contributed by atoms with van der Waals surface area (Å²) in [5.74, 6) is -2.82. The highest BCUT2D eigenvalue weighted by Crippen LogP contribution is 2.26. The summed E-state index contributed by atoms with van der Waals surface area (Å²) in [4.78, 5) is 12.6. The molecular weight excluding hydrogens is 509 g/mol. The average Bonchev–Trinajstić information content (AvgIpc) is 3.34. The molecule has 0 aliphatic heterocycles. The van der Waals surface area contributed by atoms with E-state index in [4.69, 9.17) is 15.7 Å². The lowest BCUT2D eigenvalue weighted by atomic mass is 10.0. The second kappa shape index (κ2) is 8.18. The number of nitrogens with two attached hydrogens (primary N) is 1. The Labute approximate surface area is 188 Å². The number of fused-ring (bicyclic) bond motifs is 1. The maximum Gasteiger partial charge on any atom is 0.261 e. The van der Waals surface area contributed by atoms with Gasteiger partial charge in [-0.2, -0.15) is 5.10 Å². The van der Waals surface area contributed by atoms with Crippen molar-refractivity contribution in [3.05, 3.63) is 71.2 Å². The number of halogens is 3. The second-order valence-corrected chi connectivity index (χ2v) is 6.26. The molecule has 0 radical (unpaired) electrons. The van der Waals surface area contributed by atoms with E-state index in [0.29, 0.717) is 0 Å². The zero-order valence-corrected chi connectivity index (χ0v) is 17.8. The standard InChI is InChI=1S/C19H14F2N6O2.HI.2H2/c1-27-14-7-12(20)16(17(21)11(14)8-24-27)19(28)26-9-2-3-13(22)10(6-9)18(23)15-4-5-25-29-15;;;/h2-8,23H,22H2,1H3,(H,26,28);3*1H. The zero-order valence-electron chi connectivity index (χ0n) is 15.4. The number of aromatic nitrogens is 3. The molecule has 0 unspecified atom stereocenters. The van der Waals surface area contributed by atoms with E-state index in [1.807, 2.05) is 0 Å². The zero-order chi connectivity index (χ0) is 20.7. The monoisotopic (exact) mass is 528 g/mol. The molecule has 2 heterocycles. The summed E-state index contributed by atoms with van der Waals surface area (Å²) in [5, 5.41) is 18.1. The van der Waals surface area contributed by atoms with E-state index in [0.717, 1.165) is 6.07 Å². The molecule has 11 heteroatoms. The van der Waals surface area contributed by atoms with Crippen molar-refractivity contribution in [2.24, 2.45) is 7.05 Å². The molecule has 0 saturated carbocycles. The molecule has 30 heavy (non-hydrogen) atoms. The number of carbonyl (C=O) groups excluding carboxylic acids is 1. The largest absolute Gasteiger partial charge is 0.398 e. The van der Waals surface area contributed by atoms with Crippen LogP contribution < -0.4 is 11.1 Å². The van der Waals surface area contributed by atoms with Gasteiger partial charge in [-0.3, -0.25) is 14.9 Å². The van der Waals surface area contributed by atoms with Crippen LogP contribution in [0.25, 0.3) is 10.9 Å². The Balaban J connectivity index is 0.00000171. The first-order valence-corrected chi connectivity index (χ1v) is 8.37. The highest BCUT2D eigenvalue weighted by Gasteiger charge is 2.23. The van der Waals surface area contributed by atoms with E-state index < -0.39 is 23.1 Å². The lowest BCUT2D eigenvalue weighted by Gasteiger charge is -2.11. The minimum Gasteiger partial charge on any atom is -0.398 e. The van der Waals surface area contributed by atoms with Gasteiger partial charge in [-0.1, -0.05) is 5.16 Å². The Kier molecular flexibility index (Phi) is 5.82. The third kappa shape index (κ3) is 3.63. The van der Waals surface area contributed by atoms with Gasteiger partial charge >= 0.3 is 0 Å². The molecule has 1 amide bonds. The number of carbonyl (C=O) groups is 1. The molecule has 0 atom stereocenters. The number of amides is 1. The van der Waals surface area contributed by atoms with Crippen LogP contribution in [0.4, 0.5) is 20.2 Å². The van der Waals surface area contributed by atoms with Gasteiger partial charge in [-0.15, -0.1) is 24.0 Å². The maximum absolute atomic E-state index is 14.7. The predicted molar refractivity (Wildman–Crippen MR) is 122 cm³/mol. The summed E-state index contributed by atoms with van der Waals surface area (Å²) in [6.07, 6.45) is 2.60. The fraction of sp³-hybridized carbons (Fsp3) is 0.0526. The molecule has 4 aromatic rings. The van der Waals surface area contributed by atoms with Crippen molar-refractivity contribution < 1.29 is 21.0 Å². The Morgan fingerprint density at radius 2 is 2.07 bits per heavy atom. The van der Waals surface area contributed by atoms with Crippen LogP contribution in [0.1, 0.15) is 24.5 Å². The number of nitrogen functional groups attached to an aromatic ring is 1. The number of rotatable bonds is 4. The fourth-order valence-corrected chi connectivity index (χ4v) is 2.95. The molecule has 0 fully saturated rings. The molecule has 0 saturated heterocycles. The van der Waals surface area contributed by atoms with E-state index in [2.05, 4.69) is 15.6 Å². The summed E-state index contributed by atoms with van der Waals surface area (Å²) in [5.41, 5.74) is 6.09. The van der Waals surface area contributed by atoms with Gasteiger partial charge in [0.05, 0.1) is 23.3 Å². The van der Waals surface area contributed by atoms with Crippen molar-refractivity contribution in [3.8, 4) is 0 Å². The van der Waals surface area contributed by atoms with E-state index in [-0.39, 0.29) is 66.1 Å². The number of hydrogen-bond donors (Lipinski definition) is 3. The number of hydrogen-bond acceptors (Lipinski definition) is 6. The Bertz CT molecular complexity index is 1280. The Hall–Kier alpha value is -3.35. The predicted octanol–water partition coefficient (Wildman–Crippen LogP) is 4.20. The van der Waals surface area contributed by atoms with Gasteiger partial charge in [0.25, 0.3) is 5.91 Å². The lowest BCUT2D eigenvalue weighted by Crippen LogP contribution is -2.17. The minimum absolute atomic E-state index is 0. The van der Waals surface area contributed by atoms with Crippen LogP contribution in [0.2, 0.25) is 0 Å². The number of anilines is 2. The van der Waals surface area contributed by atoms with Crippen molar-refractivity contribution in [1.29, 1.82) is 5.41 Å². The van der Waals surface area contributed by atoms with E-state index >= 15 is 0 Å². The van der Waals surface area contributed by atoms with Gasteiger partial charge in [0.2, 0.25) is 0 Å². The summed E-state index contributed by atoms with van der Waals surface area (Å²) < 4.78 is 35.4. The maximum atomic E-state index is 14.7. The number of nitrogens with zero attached hydrogens (tertiary/aromatic N) is 3. The first-order valence-electron chi connectivity index (χ1n) is 8.37. The highest BCUT2D eigenvalue weighted by atomic mass is 127. The van der Waals surface area contributed by atoms with Crippen molar-refractivity contribution in [2.75, 3.05) is 11.1 Å². The molecule has 0 aliphatic rings. The molecule has 2 aromatic heterocycles. The topological polar surface area (TPSA) is 123 Å². The van der Waals surface area contributed by atoms with Gasteiger partial charge < -0.3 is 15.6 Å². The van der Waals surface area contributed by atoms with Crippen molar-refractivity contribution in [3.63, 3.8) is 0 Å². The summed E-state index contributed by atoms with van der Waals surface area (Å²) >= 11 is 0. The van der Waals surface area contributed by atoms with Crippen LogP contribution in [0.5, 0.6) is 0 Å². The first-order chi connectivity index (χ1) is 13.9. The molecule has 8 nitrogen and oxygen atoms in total.